The third-order valence-corrected chi connectivity index (χ3v) is 4.37. The average molecular weight is 311 g/mol. The number of hydrogen-bond donors (Lipinski definition) is 1. The molecule has 0 amide bonds. The summed E-state index contributed by atoms with van der Waals surface area (Å²) < 4.78 is 1.15. The molecule has 0 heterocycles. The number of nitrogens with two attached hydrogens (primary N) is 1. The van der Waals surface area contributed by atoms with Gasteiger partial charge in [0, 0.05) is 23.8 Å². The average Bonchev–Trinajstić information content (AvgIpc) is 2.84. The molecule has 3 heteroatoms. The van der Waals surface area contributed by atoms with Crippen molar-refractivity contribution in [2.75, 3.05) is 25.0 Å². The van der Waals surface area contributed by atoms with E-state index in [1.807, 2.05) is 0 Å². The molecule has 0 aromatic heterocycles. The molecule has 18 heavy (non-hydrogen) atoms. The maximum absolute atomic E-state index is 5.70. The standard InChI is InChI=1S/C15H23BrN2/c1-18(11-12-4-2-3-5-12)15-10-14(16)7-6-13(15)8-9-17/h6-7,10,12H,2-5,8-9,11,17H2,1H3. The summed E-state index contributed by atoms with van der Waals surface area (Å²) in [5.41, 5.74) is 8.40. The summed E-state index contributed by atoms with van der Waals surface area (Å²) in [5.74, 6) is 0.875. The lowest BCUT2D eigenvalue weighted by Gasteiger charge is -2.25. The summed E-state index contributed by atoms with van der Waals surface area (Å²) in [6.45, 7) is 1.89. The van der Waals surface area contributed by atoms with Gasteiger partial charge < -0.3 is 10.6 Å². The Balaban J connectivity index is 2.11. The molecule has 1 aromatic carbocycles. The minimum absolute atomic E-state index is 0.714. The number of halogens is 1. The van der Waals surface area contributed by atoms with Crippen LogP contribution in [-0.2, 0) is 6.42 Å². The van der Waals surface area contributed by atoms with Crippen molar-refractivity contribution in [3.8, 4) is 0 Å². The fourth-order valence-electron chi connectivity index (χ4n) is 2.94. The lowest BCUT2D eigenvalue weighted by molar-refractivity contribution is 0.546. The largest absolute Gasteiger partial charge is 0.374 e. The molecule has 1 aliphatic carbocycles. The molecule has 1 saturated carbocycles. The Morgan fingerprint density at radius 1 is 1.33 bits per heavy atom. The minimum atomic E-state index is 0.714. The normalized spacial score (nSPS) is 16.2. The van der Waals surface area contributed by atoms with Crippen molar-refractivity contribution in [1.82, 2.24) is 0 Å². The second-order valence-electron chi connectivity index (χ2n) is 5.34. The minimum Gasteiger partial charge on any atom is -0.374 e. The lowest BCUT2D eigenvalue weighted by atomic mass is 10.1. The van der Waals surface area contributed by atoms with Crippen molar-refractivity contribution in [2.45, 2.75) is 32.1 Å². The molecule has 0 aliphatic heterocycles. The van der Waals surface area contributed by atoms with E-state index in [1.165, 1.54) is 43.5 Å². The molecule has 0 saturated heterocycles. The molecule has 1 fully saturated rings. The Labute approximate surface area is 119 Å². The number of benzene rings is 1. The van der Waals surface area contributed by atoms with Crippen LogP contribution in [0.15, 0.2) is 22.7 Å². The van der Waals surface area contributed by atoms with Crippen molar-refractivity contribution in [1.29, 1.82) is 0 Å². The summed E-state index contributed by atoms with van der Waals surface area (Å²) in [5, 5.41) is 0. The predicted molar refractivity (Wildman–Crippen MR) is 82.1 cm³/mol. The number of nitrogens with zero attached hydrogens (tertiary/aromatic N) is 1. The van der Waals surface area contributed by atoms with E-state index in [1.54, 1.807) is 0 Å². The number of rotatable bonds is 5. The van der Waals surface area contributed by atoms with Gasteiger partial charge in [0.1, 0.15) is 0 Å². The van der Waals surface area contributed by atoms with E-state index < -0.39 is 0 Å². The van der Waals surface area contributed by atoms with Gasteiger partial charge in [-0.25, -0.2) is 0 Å². The Bertz CT molecular complexity index is 386. The molecule has 1 aromatic rings. The molecule has 2 N–H and O–H groups in total. The molecule has 0 unspecified atom stereocenters. The van der Waals surface area contributed by atoms with Crippen LogP contribution in [0.2, 0.25) is 0 Å². The first-order valence-corrected chi connectivity index (χ1v) is 7.69. The van der Waals surface area contributed by atoms with Gasteiger partial charge in [-0.3, -0.25) is 0 Å². The van der Waals surface area contributed by atoms with Crippen molar-refractivity contribution >= 4 is 21.6 Å². The van der Waals surface area contributed by atoms with Gasteiger partial charge in [-0.1, -0.05) is 34.8 Å². The van der Waals surface area contributed by atoms with Crippen LogP contribution >= 0.6 is 15.9 Å². The van der Waals surface area contributed by atoms with Crippen LogP contribution in [0.1, 0.15) is 31.2 Å². The van der Waals surface area contributed by atoms with E-state index >= 15 is 0 Å². The zero-order valence-corrected chi connectivity index (χ0v) is 12.7. The Morgan fingerprint density at radius 2 is 2.06 bits per heavy atom. The fourth-order valence-corrected chi connectivity index (χ4v) is 3.29. The lowest BCUT2D eigenvalue weighted by Crippen LogP contribution is -2.25. The van der Waals surface area contributed by atoms with Crippen LogP contribution in [0.5, 0.6) is 0 Å². The number of anilines is 1. The van der Waals surface area contributed by atoms with Crippen LogP contribution in [0.25, 0.3) is 0 Å². The predicted octanol–water partition coefficient (Wildman–Crippen LogP) is 3.58. The summed E-state index contributed by atoms with van der Waals surface area (Å²) in [6.07, 6.45) is 6.56. The van der Waals surface area contributed by atoms with E-state index in [2.05, 4.69) is 46.1 Å². The van der Waals surface area contributed by atoms with Gasteiger partial charge in [0.2, 0.25) is 0 Å². The van der Waals surface area contributed by atoms with Gasteiger partial charge in [0.25, 0.3) is 0 Å². The van der Waals surface area contributed by atoms with E-state index in [9.17, 15) is 0 Å². The third kappa shape index (κ3) is 3.48. The van der Waals surface area contributed by atoms with E-state index in [-0.39, 0.29) is 0 Å². The van der Waals surface area contributed by atoms with Gasteiger partial charge in [0.05, 0.1) is 0 Å². The van der Waals surface area contributed by atoms with Gasteiger partial charge in [-0.2, -0.15) is 0 Å². The zero-order valence-electron chi connectivity index (χ0n) is 11.2. The topological polar surface area (TPSA) is 29.3 Å². The first-order valence-electron chi connectivity index (χ1n) is 6.90. The summed E-state index contributed by atoms with van der Waals surface area (Å²) in [4.78, 5) is 2.41. The molecule has 100 valence electrons. The van der Waals surface area contributed by atoms with Crippen LogP contribution in [0, 0.1) is 5.92 Å². The maximum Gasteiger partial charge on any atom is 0.0408 e. The third-order valence-electron chi connectivity index (χ3n) is 3.88. The first-order chi connectivity index (χ1) is 8.70. The molecular formula is C15H23BrN2. The summed E-state index contributed by atoms with van der Waals surface area (Å²) in [6, 6.07) is 6.52. The maximum atomic E-state index is 5.70. The Kier molecular flexibility index (Phi) is 5.07. The highest BCUT2D eigenvalue weighted by Crippen LogP contribution is 2.29. The molecule has 0 atom stereocenters. The Morgan fingerprint density at radius 3 is 2.72 bits per heavy atom. The van der Waals surface area contributed by atoms with E-state index in [0.29, 0.717) is 6.54 Å². The molecular weight excluding hydrogens is 288 g/mol. The van der Waals surface area contributed by atoms with Crippen LogP contribution < -0.4 is 10.6 Å². The monoisotopic (exact) mass is 310 g/mol. The second kappa shape index (κ2) is 6.58. The SMILES string of the molecule is CN(CC1CCCC1)c1cc(Br)ccc1CCN. The van der Waals surface area contributed by atoms with Gasteiger partial charge in [0.15, 0.2) is 0 Å². The summed E-state index contributed by atoms with van der Waals surface area (Å²) >= 11 is 3.57. The quantitative estimate of drug-likeness (QED) is 0.900. The molecule has 0 bridgehead atoms. The highest BCUT2D eigenvalue weighted by atomic mass is 79.9. The van der Waals surface area contributed by atoms with Crippen molar-refractivity contribution in [3.05, 3.63) is 28.2 Å². The van der Waals surface area contributed by atoms with Crippen molar-refractivity contribution < 1.29 is 0 Å². The summed E-state index contributed by atoms with van der Waals surface area (Å²) in [7, 11) is 2.21. The van der Waals surface area contributed by atoms with Gasteiger partial charge in [-0.05, 0) is 49.4 Å². The van der Waals surface area contributed by atoms with Crippen molar-refractivity contribution in [2.24, 2.45) is 11.7 Å². The fraction of sp³-hybridized carbons (Fsp3) is 0.600. The van der Waals surface area contributed by atoms with Crippen LogP contribution in [0.4, 0.5) is 5.69 Å². The van der Waals surface area contributed by atoms with Gasteiger partial charge >= 0.3 is 0 Å². The molecule has 0 spiro atoms. The smallest absolute Gasteiger partial charge is 0.0408 e. The second-order valence-corrected chi connectivity index (χ2v) is 6.26. The zero-order chi connectivity index (χ0) is 13.0. The molecule has 2 rings (SSSR count). The van der Waals surface area contributed by atoms with E-state index in [0.717, 1.165) is 16.8 Å². The first kappa shape index (κ1) is 13.9. The van der Waals surface area contributed by atoms with Crippen LogP contribution in [0.3, 0.4) is 0 Å². The van der Waals surface area contributed by atoms with E-state index in [4.69, 9.17) is 5.73 Å². The molecule has 0 radical (unpaired) electrons. The highest BCUT2D eigenvalue weighted by Gasteiger charge is 2.18. The number of hydrogen-bond acceptors (Lipinski definition) is 2. The van der Waals surface area contributed by atoms with Crippen molar-refractivity contribution in [3.63, 3.8) is 0 Å². The highest BCUT2D eigenvalue weighted by molar-refractivity contribution is 9.10. The molecule has 1 aliphatic rings. The molecule has 2 nitrogen and oxygen atoms in total. The van der Waals surface area contributed by atoms with Gasteiger partial charge in [-0.15, -0.1) is 0 Å². The van der Waals surface area contributed by atoms with Crippen LogP contribution in [-0.4, -0.2) is 20.1 Å². The Hall–Kier alpha value is -0.540.